The Kier molecular flexibility index (Phi) is 11.4. The number of hydrogen-bond acceptors (Lipinski definition) is 4. The number of unbranched alkanes of at least 4 members (excludes halogenated alkanes) is 4. The van der Waals surface area contributed by atoms with Crippen LogP contribution in [0.1, 0.15) is 96.8 Å². The Morgan fingerprint density at radius 1 is 0.778 bits per heavy atom. The summed E-state index contributed by atoms with van der Waals surface area (Å²) < 4.78 is 16.8. The maximum absolute atomic E-state index is 11.7. The molecule has 2 saturated carbocycles. The van der Waals surface area contributed by atoms with Gasteiger partial charge < -0.3 is 14.2 Å². The highest BCUT2D eigenvalue weighted by Gasteiger charge is 2.31. The van der Waals surface area contributed by atoms with E-state index in [1.807, 2.05) is 7.11 Å². The van der Waals surface area contributed by atoms with Crippen molar-refractivity contribution in [2.75, 3.05) is 20.3 Å². The zero-order valence-corrected chi connectivity index (χ0v) is 17.8. The molecule has 2 aliphatic rings. The predicted octanol–water partition coefficient (Wildman–Crippen LogP) is 5.67. The van der Waals surface area contributed by atoms with E-state index in [0.29, 0.717) is 31.8 Å². The maximum atomic E-state index is 11.7. The molecule has 4 heteroatoms. The van der Waals surface area contributed by atoms with Crippen LogP contribution in [-0.2, 0) is 19.0 Å². The van der Waals surface area contributed by atoms with Crippen LogP contribution in [0.3, 0.4) is 0 Å². The van der Waals surface area contributed by atoms with Crippen molar-refractivity contribution >= 4 is 5.97 Å². The lowest BCUT2D eigenvalue weighted by Gasteiger charge is -2.37. The van der Waals surface area contributed by atoms with Gasteiger partial charge in [0.2, 0.25) is 0 Å². The SMILES string of the molecule is CCCCCCCC(=O)OCCOC1CCC(C2CCC(OC)CC2)CC1. The Morgan fingerprint density at radius 3 is 1.96 bits per heavy atom. The minimum atomic E-state index is -0.0644. The van der Waals surface area contributed by atoms with Gasteiger partial charge in [-0.3, -0.25) is 4.79 Å². The number of esters is 1. The average Bonchev–Trinajstić information content (AvgIpc) is 2.71. The molecule has 4 nitrogen and oxygen atoms in total. The van der Waals surface area contributed by atoms with E-state index in [1.54, 1.807) is 0 Å². The number of hydrogen-bond donors (Lipinski definition) is 0. The average molecular weight is 383 g/mol. The fourth-order valence-electron chi connectivity index (χ4n) is 4.84. The van der Waals surface area contributed by atoms with Crippen molar-refractivity contribution in [3.63, 3.8) is 0 Å². The van der Waals surface area contributed by atoms with E-state index in [0.717, 1.165) is 24.7 Å². The Labute approximate surface area is 166 Å². The molecular weight excluding hydrogens is 340 g/mol. The van der Waals surface area contributed by atoms with Crippen LogP contribution in [0.25, 0.3) is 0 Å². The monoisotopic (exact) mass is 382 g/mol. The molecule has 0 unspecified atom stereocenters. The van der Waals surface area contributed by atoms with Crippen LogP contribution in [0.2, 0.25) is 0 Å². The third kappa shape index (κ3) is 8.95. The molecule has 27 heavy (non-hydrogen) atoms. The van der Waals surface area contributed by atoms with Crippen molar-refractivity contribution < 1.29 is 19.0 Å². The molecule has 2 fully saturated rings. The lowest BCUT2D eigenvalue weighted by Crippen LogP contribution is -2.30. The number of carbonyl (C=O) groups is 1. The molecule has 0 heterocycles. The topological polar surface area (TPSA) is 44.8 Å². The molecule has 158 valence electrons. The molecule has 0 aromatic carbocycles. The normalized spacial score (nSPS) is 28.8. The summed E-state index contributed by atoms with van der Waals surface area (Å²) in [5, 5.41) is 0. The molecule has 0 aliphatic heterocycles. The summed E-state index contributed by atoms with van der Waals surface area (Å²) in [4.78, 5) is 11.7. The van der Waals surface area contributed by atoms with Crippen LogP contribution in [0.15, 0.2) is 0 Å². The maximum Gasteiger partial charge on any atom is 0.305 e. The van der Waals surface area contributed by atoms with E-state index in [9.17, 15) is 4.79 Å². The lowest BCUT2D eigenvalue weighted by atomic mass is 9.72. The summed E-state index contributed by atoms with van der Waals surface area (Å²) in [6.45, 7) is 3.17. The minimum Gasteiger partial charge on any atom is -0.463 e. The molecule has 0 N–H and O–H groups in total. The first-order valence-corrected chi connectivity index (χ1v) is 11.5. The first-order chi connectivity index (χ1) is 13.2. The Hall–Kier alpha value is -0.610. The fourth-order valence-corrected chi connectivity index (χ4v) is 4.84. The highest BCUT2D eigenvalue weighted by atomic mass is 16.6. The standard InChI is InChI=1S/C23H42O4/c1-3-4-5-6-7-8-23(24)27-18-17-26-22-15-11-20(12-16-22)19-9-13-21(25-2)14-10-19/h19-22H,3-18H2,1-2H3. The second-order valence-electron chi connectivity index (χ2n) is 8.56. The molecule has 0 spiro atoms. The summed E-state index contributed by atoms with van der Waals surface area (Å²) in [6, 6.07) is 0. The van der Waals surface area contributed by atoms with Gasteiger partial charge in [-0.25, -0.2) is 0 Å². The largest absolute Gasteiger partial charge is 0.463 e. The third-order valence-electron chi connectivity index (χ3n) is 6.62. The zero-order valence-electron chi connectivity index (χ0n) is 17.8. The van der Waals surface area contributed by atoms with Gasteiger partial charge in [-0.2, -0.15) is 0 Å². The van der Waals surface area contributed by atoms with Gasteiger partial charge in [0.15, 0.2) is 0 Å². The predicted molar refractivity (Wildman–Crippen MR) is 109 cm³/mol. The van der Waals surface area contributed by atoms with Gasteiger partial charge in [-0.1, -0.05) is 32.6 Å². The molecule has 0 aromatic rings. The summed E-state index contributed by atoms with van der Waals surface area (Å²) >= 11 is 0. The Morgan fingerprint density at radius 2 is 1.37 bits per heavy atom. The van der Waals surface area contributed by atoms with E-state index in [1.165, 1.54) is 70.6 Å². The minimum absolute atomic E-state index is 0.0644. The van der Waals surface area contributed by atoms with Gasteiger partial charge in [-0.05, 0) is 69.6 Å². The van der Waals surface area contributed by atoms with E-state index < -0.39 is 0 Å². The van der Waals surface area contributed by atoms with E-state index >= 15 is 0 Å². The highest BCUT2D eigenvalue weighted by molar-refractivity contribution is 5.69. The quantitative estimate of drug-likeness (QED) is 0.322. The molecule has 0 atom stereocenters. The number of rotatable bonds is 12. The zero-order chi connectivity index (χ0) is 19.3. The summed E-state index contributed by atoms with van der Waals surface area (Å²) in [5.41, 5.74) is 0. The van der Waals surface area contributed by atoms with Gasteiger partial charge in [0.1, 0.15) is 6.61 Å². The molecule has 0 amide bonds. The molecule has 2 aliphatic carbocycles. The van der Waals surface area contributed by atoms with Crippen LogP contribution < -0.4 is 0 Å². The molecule has 0 bridgehead atoms. The third-order valence-corrected chi connectivity index (χ3v) is 6.62. The lowest BCUT2D eigenvalue weighted by molar-refractivity contribution is -0.146. The first kappa shape index (κ1) is 22.7. The van der Waals surface area contributed by atoms with Crippen molar-refractivity contribution in [1.29, 1.82) is 0 Å². The fraction of sp³-hybridized carbons (Fsp3) is 0.957. The number of ether oxygens (including phenoxy) is 3. The van der Waals surface area contributed by atoms with Gasteiger partial charge in [-0.15, -0.1) is 0 Å². The molecule has 2 rings (SSSR count). The van der Waals surface area contributed by atoms with Crippen LogP contribution >= 0.6 is 0 Å². The molecular formula is C23H42O4. The second-order valence-corrected chi connectivity index (χ2v) is 8.56. The van der Waals surface area contributed by atoms with Crippen LogP contribution in [-0.4, -0.2) is 38.5 Å². The first-order valence-electron chi connectivity index (χ1n) is 11.5. The van der Waals surface area contributed by atoms with Gasteiger partial charge >= 0.3 is 5.97 Å². The van der Waals surface area contributed by atoms with Crippen molar-refractivity contribution in [3.8, 4) is 0 Å². The summed E-state index contributed by atoms with van der Waals surface area (Å²) in [6.07, 6.45) is 17.3. The Balaban J connectivity index is 1.46. The van der Waals surface area contributed by atoms with Crippen molar-refractivity contribution in [2.24, 2.45) is 11.8 Å². The van der Waals surface area contributed by atoms with Crippen molar-refractivity contribution in [1.82, 2.24) is 0 Å². The summed E-state index contributed by atoms with van der Waals surface area (Å²) in [5.74, 6) is 1.72. The van der Waals surface area contributed by atoms with Gasteiger partial charge in [0, 0.05) is 13.5 Å². The molecule has 0 radical (unpaired) electrons. The van der Waals surface area contributed by atoms with Gasteiger partial charge in [0.25, 0.3) is 0 Å². The Bertz CT molecular complexity index is 382. The molecule has 0 saturated heterocycles. The van der Waals surface area contributed by atoms with E-state index in [4.69, 9.17) is 14.2 Å². The van der Waals surface area contributed by atoms with Crippen LogP contribution in [0.4, 0.5) is 0 Å². The van der Waals surface area contributed by atoms with Crippen molar-refractivity contribution in [2.45, 2.75) is 109 Å². The second kappa shape index (κ2) is 13.5. The number of methoxy groups -OCH3 is 1. The van der Waals surface area contributed by atoms with E-state index in [2.05, 4.69) is 6.92 Å². The van der Waals surface area contributed by atoms with Gasteiger partial charge in [0.05, 0.1) is 18.8 Å². The smallest absolute Gasteiger partial charge is 0.305 e. The highest BCUT2D eigenvalue weighted by Crippen LogP contribution is 2.39. The number of carbonyl (C=O) groups excluding carboxylic acids is 1. The molecule has 0 aromatic heterocycles. The van der Waals surface area contributed by atoms with Crippen LogP contribution in [0, 0.1) is 11.8 Å². The summed E-state index contributed by atoms with van der Waals surface area (Å²) in [7, 11) is 1.85. The van der Waals surface area contributed by atoms with Crippen LogP contribution in [0.5, 0.6) is 0 Å². The van der Waals surface area contributed by atoms with E-state index in [-0.39, 0.29) is 5.97 Å². The van der Waals surface area contributed by atoms with Crippen molar-refractivity contribution in [3.05, 3.63) is 0 Å².